The zero-order chi connectivity index (χ0) is 19.6. The summed E-state index contributed by atoms with van der Waals surface area (Å²) < 4.78 is 27.2. The standard InChI is InChI=1S/C18H15BrClN3O3S/c1-12-9-17(23(22-12)15-4-2-3-13(19)10-15)21-18(24)11-27(25,26)16-7-5-14(20)6-8-16/h2-10H,11H2,1H3,(H,21,24). The lowest BCUT2D eigenvalue weighted by Gasteiger charge is -2.10. The Labute approximate surface area is 170 Å². The average Bonchev–Trinajstić information content (AvgIpc) is 2.95. The third-order valence-corrected chi connectivity index (χ3v) is 6.02. The van der Waals surface area contributed by atoms with Gasteiger partial charge in [0.05, 0.1) is 16.3 Å². The van der Waals surface area contributed by atoms with Crippen LogP contribution in [0.15, 0.2) is 64.0 Å². The highest BCUT2D eigenvalue weighted by Gasteiger charge is 2.21. The molecule has 0 bridgehead atoms. The van der Waals surface area contributed by atoms with E-state index in [2.05, 4.69) is 26.3 Å². The smallest absolute Gasteiger partial charge is 0.241 e. The minimum Gasteiger partial charge on any atom is -0.310 e. The van der Waals surface area contributed by atoms with Gasteiger partial charge >= 0.3 is 0 Å². The van der Waals surface area contributed by atoms with E-state index < -0.39 is 21.5 Å². The van der Waals surface area contributed by atoms with Crippen molar-refractivity contribution < 1.29 is 13.2 Å². The van der Waals surface area contributed by atoms with Crippen LogP contribution in [0.3, 0.4) is 0 Å². The van der Waals surface area contributed by atoms with Gasteiger partial charge in [-0.05, 0) is 49.4 Å². The molecule has 1 aromatic heterocycles. The van der Waals surface area contributed by atoms with Crippen LogP contribution in [0.4, 0.5) is 5.82 Å². The summed E-state index contributed by atoms with van der Waals surface area (Å²) in [6.45, 7) is 1.79. The van der Waals surface area contributed by atoms with E-state index in [4.69, 9.17) is 11.6 Å². The van der Waals surface area contributed by atoms with Gasteiger partial charge in [0.15, 0.2) is 9.84 Å². The normalized spacial score (nSPS) is 11.4. The number of anilines is 1. The summed E-state index contributed by atoms with van der Waals surface area (Å²) in [5, 5.41) is 7.41. The molecule has 0 radical (unpaired) electrons. The highest BCUT2D eigenvalue weighted by atomic mass is 79.9. The molecule has 0 unspecified atom stereocenters. The van der Waals surface area contributed by atoms with Crippen molar-refractivity contribution in [3.05, 3.63) is 69.8 Å². The van der Waals surface area contributed by atoms with Gasteiger partial charge in [-0.1, -0.05) is 33.6 Å². The molecule has 27 heavy (non-hydrogen) atoms. The quantitative estimate of drug-likeness (QED) is 0.613. The number of carbonyl (C=O) groups excluding carboxylic acids is 1. The molecule has 0 saturated carbocycles. The van der Waals surface area contributed by atoms with Gasteiger partial charge in [0, 0.05) is 15.6 Å². The minimum absolute atomic E-state index is 0.0405. The third kappa shape index (κ3) is 4.77. The van der Waals surface area contributed by atoms with Gasteiger partial charge in [-0.3, -0.25) is 4.79 Å². The first-order valence-corrected chi connectivity index (χ1v) is 10.7. The number of aryl methyl sites for hydroxylation is 1. The number of carbonyl (C=O) groups is 1. The second kappa shape index (κ2) is 7.84. The Morgan fingerprint density at radius 1 is 1.19 bits per heavy atom. The van der Waals surface area contributed by atoms with Crippen molar-refractivity contribution in [3.63, 3.8) is 0 Å². The predicted octanol–water partition coefficient (Wildman–Crippen LogP) is 4.01. The van der Waals surface area contributed by atoms with Crippen LogP contribution < -0.4 is 5.32 Å². The van der Waals surface area contributed by atoms with E-state index in [-0.39, 0.29) is 4.90 Å². The molecule has 0 spiro atoms. The number of hydrogen-bond donors (Lipinski definition) is 1. The molecule has 6 nitrogen and oxygen atoms in total. The molecule has 1 amide bonds. The number of amides is 1. The van der Waals surface area contributed by atoms with E-state index in [0.717, 1.165) is 10.2 Å². The topological polar surface area (TPSA) is 81.1 Å². The lowest BCUT2D eigenvalue weighted by Crippen LogP contribution is -2.24. The Balaban J connectivity index is 1.82. The summed E-state index contributed by atoms with van der Waals surface area (Å²) >= 11 is 9.17. The van der Waals surface area contributed by atoms with Gasteiger partial charge in [-0.15, -0.1) is 0 Å². The number of benzene rings is 2. The summed E-state index contributed by atoms with van der Waals surface area (Å²) in [5.74, 6) is -0.944. The molecular weight excluding hydrogens is 454 g/mol. The lowest BCUT2D eigenvalue weighted by molar-refractivity contribution is -0.113. The zero-order valence-corrected chi connectivity index (χ0v) is 17.3. The molecule has 0 aliphatic carbocycles. The van der Waals surface area contributed by atoms with E-state index >= 15 is 0 Å². The molecule has 0 aliphatic heterocycles. The van der Waals surface area contributed by atoms with Crippen LogP contribution in [0.5, 0.6) is 0 Å². The van der Waals surface area contributed by atoms with Crippen LogP contribution in [-0.4, -0.2) is 29.9 Å². The van der Waals surface area contributed by atoms with Crippen LogP contribution >= 0.6 is 27.5 Å². The van der Waals surface area contributed by atoms with Crippen LogP contribution in [-0.2, 0) is 14.6 Å². The Morgan fingerprint density at radius 2 is 1.89 bits per heavy atom. The number of nitrogens with zero attached hydrogens (tertiary/aromatic N) is 2. The molecule has 0 aliphatic rings. The van der Waals surface area contributed by atoms with Gasteiger partial charge < -0.3 is 5.32 Å². The lowest BCUT2D eigenvalue weighted by atomic mass is 10.3. The fourth-order valence-corrected chi connectivity index (χ4v) is 4.12. The first-order valence-electron chi connectivity index (χ1n) is 7.85. The number of aromatic nitrogens is 2. The average molecular weight is 469 g/mol. The second-order valence-corrected chi connectivity index (χ2v) is 9.17. The maximum absolute atomic E-state index is 12.4. The monoisotopic (exact) mass is 467 g/mol. The van der Waals surface area contributed by atoms with Crippen molar-refractivity contribution >= 4 is 49.1 Å². The van der Waals surface area contributed by atoms with Crippen LogP contribution in [0.25, 0.3) is 5.69 Å². The Hall–Kier alpha value is -2.16. The minimum atomic E-state index is -3.78. The van der Waals surface area contributed by atoms with E-state index in [9.17, 15) is 13.2 Å². The molecule has 0 atom stereocenters. The van der Waals surface area contributed by atoms with Gasteiger partial charge in [-0.2, -0.15) is 5.10 Å². The van der Waals surface area contributed by atoms with Crippen molar-refractivity contribution in [1.29, 1.82) is 0 Å². The van der Waals surface area contributed by atoms with E-state index in [1.165, 1.54) is 24.3 Å². The maximum Gasteiger partial charge on any atom is 0.241 e. The van der Waals surface area contributed by atoms with E-state index in [1.54, 1.807) is 17.7 Å². The molecule has 140 valence electrons. The first kappa shape index (κ1) is 19.6. The predicted molar refractivity (Wildman–Crippen MR) is 108 cm³/mol. The van der Waals surface area contributed by atoms with Gasteiger partial charge in [-0.25, -0.2) is 13.1 Å². The van der Waals surface area contributed by atoms with Crippen molar-refractivity contribution in [2.45, 2.75) is 11.8 Å². The van der Waals surface area contributed by atoms with Crippen molar-refractivity contribution in [3.8, 4) is 5.69 Å². The fraction of sp³-hybridized carbons (Fsp3) is 0.111. The zero-order valence-electron chi connectivity index (χ0n) is 14.2. The third-order valence-electron chi connectivity index (χ3n) is 3.65. The Kier molecular flexibility index (Phi) is 5.69. The summed E-state index contributed by atoms with van der Waals surface area (Å²) in [7, 11) is -3.78. The molecule has 2 aromatic carbocycles. The van der Waals surface area contributed by atoms with Gasteiger partial charge in [0.25, 0.3) is 0 Å². The summed E-state index contributed by atoms with van der Waals surface area (Å²) in [6.07, 6.45) is 0. The summed E-state index contributed by atoms with van der Waals surface area (Å²) in [5.41, 5.74) is 1.42. The molecule has 1 heterocycles. The van der Waals surface area contributed by atoms with Crippen molar-refractivity contribution in [1.82, 2.24) is 9.78 Å². The number of rotatable bonds is 5. The maximum atomic E-state index is 12.4. The van der Waals surface area contributed by atoms with Crippen LogP contribution in [0.2, 0.25) is 5.02 Å². The van der Waals surface area contributed by atoms with Crippen molar-refractivity contribution in [2.24, 2.45) is 0 Å². The van der Waals surface area contributed by atoms with E-state index in [1.807, 2.05) is 24.3 Å². The molecular formula is C18H15BrClN3O3S. The highest BCUT2D eigenvalue weighted by molar-refractivity contribution is 9.10. The number of hydrogen-bond acceptors (Lipinski definition) is 4. The number of halogens is 2. The summed E-state index contributed by atoms with van der Waals surface area (Å²) in [4.78, 5) is 12.4. The first-order chi connectivity index (χ1) is 12.7. The molecule has 3 aromatic rings. The summed E-state index contributed by atoms with van der Waals surface area (Å²) in [6, 6.07) is 14.7. The van der Waals surface area contributed by atoms with Gasteiger partial charge in [0.2, 0.25) is 5.91 Å². The van der Waals surface area contributed by atoms with Crippen LogP contribution in [0.1, 0.15) is 5.69 Å². The van der Waals surface area contributed by atoms with E-state index in [0.29, 0.717) is 16.5 Å². The molecule has 3 rings (SSSR count). The number of sulfone groups is 1. The molecule has 0 fully saturated rings. The van der Waals surface area contributed by atoms with Gasteiger partial charge in [0.1, 0.15) is 11.6 Å². The highest BCUT2D eigenvalue weighted by Crippen LogP contribution is 2.21. The fourth-order valence-electron chi connectivity index (χ4n) is 2.47. The SMILES string of the molecule is Cc1cc(NC(=O)CS(=O)(=O)c2ccc(Cl)cc2)n(-c2cccc(Br)c2)n1. The molecule has 1 N–H and O–H groups in total. The Bertz CT molecular complexity index is 1100. The number of nitrogens with one attached hydrogen (secondary N) is 1. The molecule has 9 heteroatoms. The largest absolute Gasteiger partial charge is 0.310 e. The van der Waals surface area contributed by atoms with Crippen LogP contribution in [0, 0.1) is 6.92 Å². The molecule has 0 saturated heterocycles. The second-order valence-electron chi connectivity index (χ2n) is 5.82. The van der Waals surface area contributed by atoms with Crippen molar-refractivity contribution in [2.75, 3.05) is 11.1 Å². The Morgan fingerprint density at radius 3 is 2.56 bits per heavy atom.